The summed E-state index contributed by atoms with van der Waals surface area (Å²) in [6.45, 7) is 8.94. The Bertz CT molecular complexity index is 1940. The summed E-state index contributed by atoms with van der Waals surface area (Å²) in [6, 6.07) is 22.2. The first-order valence-corrected chi connectivity index (χ1v) is 19.9. The number of unbranched alkanes of at least 4 members (excludes halogenated alkanes) is 6. The van der Waals surface area contributed by atoms with Crippen LogP contribution in [0.3, 0.4) is 0 Å². The molecule has 0 saturated carbocycles. The van der Waals surface area contributed by atoms with Crippen molar-refractivity contribution in [2.75, 3.05) is 39.6 Å². The summed E-state index contributed by atoms with van der Waals surface area (Å²) in [7, 11) is 0. The molecular weight excluding hydrogens is 744 g/mol. The Labute approximate surface area is 340 Å². The fourth-order valence-corrected chi connectivity index (χ4v) is 6.88. The van der Waals surface area contributed by atoms with Crippen LogP contribution in [0.25, 0.3) is 21.5 Å². The molecule has 0 radical (unpaired) electrons. The van der Waals surface area contributed by atoms with Gasteiger partial charge in [0.05, 0.1) is 50.8 Å². The van der Waals surface area contributed by atoms with Gasteiger partial charge in [0.15, 0.2) is 12.2 Å². The molecule has 4 unspecified atom stereocenters. The van der Waals surface area contributed by atoms with Crippen LogP contribution in [0.1, 0.15) is 74.9 Å². The van der Waals surface area contributed by atoms with Gasteiger partial charge in [-0.25, -0.2) is 19.2 Å². The molecule has 2 heterocycles. The summed E-state index contributed by atoms with van der Waals surface area (Å²) < 4.78 is 45.4. The Morgan fingerprint density at radius 2 is 0.914 bits per heavy atom. The minimum absolute atomic E-state index is 0. The van der Waals surface area contributed by atoms with Crippen LogP contribution in [0.5, 0.6) is 11.5 Å². The third-order valence-electron chi connectivity index (χ3n) is 10.0. The SMILES string of the molecule is C=CC(=O)OCCCCCCOc1ccc2cc(C(=O)OC3COC4C(OC(=O)c5ccc6cc(OCCCCCCOC(=O)C=C)ccc6c5)COC34)ccc2c1.[HH].[HH]. The predicted molar refractivity (Wildman–Crippen MR) is 220 cm³/mol. The summed E-state index contributed by atoms with van der Waals surface area (Å²) in [4.78, 5) is 48.6. The first kappa shape index (κ1) is 41.9. The molecule has 12 nitrogen and oxygen atoms in total. The topological polar surface area (TPSA) is 142 Å². The molecule has 6 rings (SSSR count). The van der Waals surface area contributed by atoms with E-state index < -0.39 is 48.3 Å². The Morgan fingerprint density at radius 3 is 1.33 bits per heavy atom. The van der Waals surface area contributed by atoms with Gasteiger partial charge in [-0.2, -0.15) is 0 Å². The molecule has 0 spiro atoms. The average molecular weight is 799 g/mol. The van der Waals surface area contributed by atoms with E-state index in [1.165, 1.54) is 0 Å². The zero-order valence-corrected chi connectivity index (χ0v) is 32.6. The summed E-state index contributed by atoms with van der Waals surface area (Å²) >= 11 is 0. The third kappa shape index (κ3) is 11.7. The van der Waals surface area contributed by atoms with E-state index in [1.807, 2.05) is 48.5 Å². The smallest absolute Gasteiger partial charge is 0.338 e. The summed E-state index contributed by atoms with van der Waals surface area (Å²) in [5, 5.41) is 3.59. The minimum Gasteiger partial charge on any atom is -0.494 e. The van der Waals surface area contributed by atoms with Gasteiger partial charge in [-0.05, 0) is 121 Å². The van der Waals surface area contributed by atoms with Crippen LogP contribution in [0.2, 0.25) is 0 Å². The van der Waals surface area contributed by atoms with Crippen LogP contribution in [-0.4, -0.2) is 87.9 Å². The maximum absolute atomic E-state index is 13.2. The molecule has 0 aromatic heterocycles. The van der Waals surface area contributed by atoms with Crippen molar-refractivity contribution in [3.05, 3.63) is 109 Å². The second-order valence-electron chi connectivity index (χ2n) is 14.2. The van der Waals surface area contributed by atoms with Gasteiger partial charge in [-0.1, -0.05) is 37.4 Å². The number of fused-ring (bicyclic) bond motifs is 3. The lowest BCUT2D eigenvalue weighted by molar-refractivity contribution is -0.138. The Balaban J connectivity index is 0.00000397. The number of benzene rings is 4. The third-order valence-corrected chi connectivity index (χ3v) is 10.0. The number of ether oxygens (including phenoxy) is 8. The van der Waals surface area contributed by atoms with Crippen LogP contribution in [0, 0.1) is 0 Å². The molecule has 0 amide bonds. The molecule has 2 saturated heterocycles. The van der Waals surface area contributed by atoms with Gasteiger partial charge in [0.25, 0.3) is 0 Å². The molecule has 2 aliphatic heterocycles. The molecule has 0 N–H and O–H groups in total. The Hall–Kier alpha value is -5.72. The molecule has 12 heteroatoms. The molecule has 58 heavy (non-hydrogen) atoms. The normalized spacial score (nSPS) is 18.3. The molecule has 0 bridgehead atoms. The molecular formula is C46H54O12. The van der Waals surface area contributed by atoms with E-state index >= 15 is 0 Å². The van der Waals surface area contributed by atoms with E-state index in [0.717, 1.165) is 96.6 Å². The van der Waals surface area contributed by atoms with E-state index in [9.17, 15) is 19.2 Å². The van der Waals surface area contributed by atoms with Crippen molar-refractivity contribution in [1.82, 2.24) is 0 Å². The minimum atomic E-state index is -0.652. The lowest BCUT2D eigenvalue weighted by atomic mass is 10.1. The quantitative estimate of drug-likeness (QED) is 0.0326. The Kier molecular flexibility index (Phi) is 15.3. The molecule has 2 fully saturated rings. The number of esters is 4. The standard InChI is InChI=1S/C46H50O12.2H2/c1-3-41(47)53-23-11-7-5-9-21-51-37-19-17-31-25-35(15-13-33(31)27-37)45(49)57-39-29-55-44-40(30-56-43(39)44)58-46(50)36-16-14-34-28-38(20-18-32(34)26-36)52-22-10-6-8-12-24-54-42(48)4-2;;/h3-4,13-20,25-28,39-40,43-44H,1-2,5-12,21-24,29-30H2;2*1H. The molecule has 4 atom stereocenters. The largest absolute Gasteiger partial charge is 0.494 e. The lowest BCUT2D eigenvalue weighted by Crippen LogP contribution is -2.36. The van der Waals surface area contributed by atoms with E-state index in [4.69, 9.17) is 37.9 Å². The van der Waals surface area contributed by atoms with Crippen LogP contribution in [0.4, 0.5) is 0 Å². The van der Waals surface area contributed by atoms with Crippen molar-refractivity contribution in [3.63, 3.8) is 0 Å². The monoisotopic (exact) mass is 798 g/mol. The van der Waals surface area contributed by atoms with Gasteiger partial charge in [0.2, 0.25) is 0 Å². The van der Waals surface area contributed by atoms with Crippen molar-refractivity contribution in [1.29, 1.82) is 0 Å². The van der Waals surface area contributed by atoms with Crippen molar-refractivity contribution in [2.24, 2.45) is 0 Å². The fraction of sp³-hybridized carbons (Fsp3) is 0.391. The van der Waals surface area contributed by atoms with Crippen molar-refractivity contribution < 1.29 is 59.9 Å². The number of rotatable bonds is 22. The highest BCUT2D eigenvalue weighted by Crippen LogP contribution is 2.32. The number of carbonyl (C=O) groups is 4. The van der Waals surface area contributed by atoms with Crippen LogP contribution >= 0.6 is 0 Å². The zero-order valence-electron chi connectivity index (χ0n) is 32.6. The number of hydrogen-bond acceptors (Lipinski definition) is 12. The van der Waals surface area contributed by atoms with Gasteiger partial charge >= 0.3 is 23.9 Å². The van der Waals surface area contributed by atoms with Crippen molar-refractivity contribution in [2.45, 2.75) is 75.8 Å². The van der Waals surface area contributed by atoms with E-state index in [1.54, 1.807) is 24.3 Å². The van der Waals surface area contributed by atoms with Crippen LogP contribution in [0.15, 0.2) is 98.1 Å². The molecule has 2 aliphatic rings. The van der Waals surface area contributed by atoms with Crippen LogP contribution < -0.4 is 9.47 Å². The van der Waals surface area contributed by atoms with Crippen molar-refractivity contribution in [3.8, 4) is 11.5 Å². The maximum atomic E-state index is 13.2. The van der Waals surface area contributed by atoms with E-state index in [-0.39, 0.29) is 16.1 Å². The first-order valence-electron chi connectivity index (χ1n) is 19.9. The highest BCUT2D eigenvalue weighted by Gasteiger charge is 2.51. The predicted octanol–water partition coefficient (Wildman–Crippen LogP) is 8.37. The van der Waals surface area contributed by atoms with E-state index in [2.05, 4.69) is 13.2 Å². The maximum Gasteiger partial charge on any atom is 0.338 e. The summed E-state index contributed by atoms with van der Waals surface area (Å²) in [6.07, 6.45) is 7.06. The number of carbonyl (C=O) groups excluding carboxylic acids is 4. The van der Waals surface area contributed by atoms with Crippen LogP contribution in [-0.2, 0) is 38.0 Å². The molecule has 4 aromatic rings. The fourth-order valence-electron chi connectivity index (χ4n) is 6.88. The Morgan fingerprint density at radius 1 is 0.534 bits per heavy atom. The molecule has 4 aromatic carbocycles. The highest BCUT2D eigenvalue weighted by molar-refractivity contribution is 5.97. The second kappa shape index (κ2) is 21.2. The zero-order chi connectivity index (χ0) is 40.7. The van der Waals surface area contributed by atoms with Gasteiger partial charge in [0, 0.05) is 15.0 Å². The molecule has 0 aliphatic carbocycles. The average Bonchev–Trinajstić information content (AvgIpc) is 3.84. The van der Waals surface area contributed by atoms with Crippen molar-refractivity contribution >= 4 is 45.4 Å². The van der Waals surface area contributed by atoms with Gasteiger partial charge in [-0.3, -0.25) is 0 Å². The number of hydrogen-bond donors (Lipinski definition) is 0. The van der Waals surface area contributed by atoms with E-state index in [0.29, 0.717) is 37.6 Å². The summed E-state index contributed by atoms with van der Waals surface area (Å²) in [5.74, 6) is -0.300. The lowest BCUT2D eigenvalue weighted by Gasteiger charge is -2.17. The molecule has 310 valence electrons. The first-order chi connectivity index (χ1) is 28.3. The second-order valence-corrected chi connectivity index (χ2v) is 14.2. The van der Waals surface area contributed by atoms with Gasteiger partial charge in [0.1, 0.15) is 23.7 Å². The van der Waals surface area contributed by atoms with Gasteiger partial charge in [-0.15, -0.1) is 0 Å². The highest BCUT2D eigenvalue weighted by atomic mass is 16.7. The summed E-state index contributed by atoms with van der Waals surface area (Å²) in [5.41, 5.74) is 0.800. The van der Waals surface area contributed by atoms with Gasteiger partial charge < -0.3 is 37.9 Å².